The largest absolute Gasteiger partial charge is 0.462 e. The van der Waals surface area contributed by atoms with Gasteiger partial charge >= 0.3 is 17.9 Å². The molecule has 0 aliphatic heterocycles. The summed E-state index contributed by atoms with van der Waals surface area (Å²) in [5.74, 6) is -0.878. The predicted octanol–water partition coefficient (Wildman–Crippen LogP) is 24.6. The second-order valence-electron chi connectivity index (χ2n) is 23.8. The number of rotatable bonds is 65. The summed E-state index contributed by atoms with van der Waals surface area (Å²) in [5.41, 5.74) is 0. The van der Waals surface area contributed by atoms with E-state index in [1.807, 2.05) is 0 Å². The van der Waals surface area contributed by atoms with E-state index in [1.54, 1.807) is 0 Å². The number of hydrogen-bond donors (Lipinski definition) is 0. The number of allylic oxidation sites excluding steroid dienone is 14. The van der Waals surface area contributed by atoms with Gasteiger partial charge in [0.15, 0.2) is 6.10 Å². The van der Waals surface area contributed by atoms with Gasteiger partial charge in [-0.15, -0.1) is 0 Å². The summed E-state index contributed by atoms with van der Waals surface area (Å²) in [5, 5.41) is 0. The van der Waals surface area contributed by atoms with Gasteiger partial charge in [0.25, 0.3) is 0 Å². The third-order valence-electron chi connectivity index (χ3n) is 15.7. The van der Waals surface area contributed by atoms with Gasteiger partial charge in [0, 0.05) is 19.3 Å². The minimum Gasteiger partial charge on any atom is -0.462 e. The van der Waals surface area contributed by atoms with Crippen LogP contribution in [0.3, 0.4) is 0 Å². The van der Waals surface area contributed by atoms with E-state index < -0.39 is 6.10 Å². The van der Waals surface area contributed by atoms with Gasteiger partial charge in [0.05, 0.1) is 0 Å². The number of hydrogen-bond acceptors (Lipinski definition) is 6. The van der Waals surface area contributed by atoms with Crippen molar-refractivity contribution in [2.75, 3.05) is 13.2 Å². The van der Waals surface area contributed by atoms with Crippen LogP contribution in [0.5, 0.6) is 0 Å². The van der Waals surface area contributed by atoms with Crippen molar-refractivity contribution in [3.8, 4) is 0 Å². The predicted molar refractivity (Wildman–Crippen MR) is 358 cm³/mol. The fourth-order valence-corrected chi connectivity index (χ4v) is 10.4. The van der Waals surface area contributed by atoms with Crippen LogP contribution in [0.25, 0.3) is 0 Å². The van der Waals surface area contributed by atoms with Gasteiger partial charge in [-0.2, -0.15) is 0 Å². The molecule has 0 saturated heterocycles. The van der Waals surface area contributed by atoms with Crippen LogP contribution in [0.4, 0.5) is 0 Å². The minimum atomic E-state index is -0.783. The molecule has 0 spiro atoms. The number of carbonyl (C=O) groups is 3. The second kappa shape index (κ2) is 70.1. The van der Waals surface area contributed by atoms with E-state index in [0.29, 0.717) is 19.3 Å². The van der Waals surface area contributed by atoms with Crippen molar-refractivity contribution in [3.63, 3.8) is 0 Å². The number of unbranched alkanes of at least 4 members (excludes halogenated alkanes) is 40. The lowest BCUT2D eigenvalue weighted by atomic mass is 10.0. The van der Waals surface area contributed by atoms with Crippen LogP contribution in [0.15, 0.2) is 85.1 Å². The maximum Gasteiger partial charge on any atom is 0.306 e. The molecular formula is C76H134O6. The zero-order chi connectivity index (χ0) is 59.2. The Morgan fingerprint density at radius 3 is 0.744 bits per heavy atom. The minimum absolute atomic E-state index is 0.0780. The van der Waals surface area contributed by atoms with Crippen LogP contribution in [0.2, 0.25) is 0 Å². The van der Waals surface area contributed by atoms with Gasteiger partial charge in [-0.05, 0) is 77.0 Å². The Hall–Kier alpha value is -3.41. The average molecular weight is 1140 g/mol. The van der Waals surface area contributed by atoms with Crippen molar-refractivity contribution in [2.24, 2.45) is 0 Å². The van der Waals surface area contributed by atoms with Crippen molar-refractivity contribution in [2.45, 2.75) is 367 Å². The molecule has 0 aromatic heterocycles. The molecule has 0 saturated carbocycles. The maximum absolute atomic E-state index is 13.0. The molecule has 0 bridgehead atoms. The van der Waals surface area contributed by atoms with E-state index >= 15 is 0 Å². The summed E-state index contributed by atoms with van der Waals surface area (Å²) in [7, 11) is 0. The Kier molecular flexibility index (Phi) is 67.2. The topological polar surface area (TPSA) is 78.9 Å². The van der Waals surface area contributed by atoms with E-state index in [0.717, 1.165) is 122 Å². The lowest BCUT2D eigenvalue weighted by Gasteiger charge is -2.18. The molecule has 1 unspecified atom stereocenters. The van der Waals surface area contributed by atoms with Crippen LogP contribution in [-0.4, -0.2) is 37.2 Å². The normalized spacial score (nSPS) is 12.6. The average Bonchev–Trinajstić information content (AvgIpc) is 3.47. The first-order chi connectivity index (χ1) is 40.5. The molecule has 0 heterocycles. The molecule has 0 N–H and O–H groups in total. The molecule has 82 heavy (non-hydrogen) atoms. The van der Waals surface area contributed by atoms with Crippen molar-refractivity contribution in [3.05, 3.63) is 85.1 Å². The lowest BCUT2D eigenvalue weighted by Crippen LogP contribution is -2.30. The second-order valence-corrected chi connectivity index (χ2v) is 23.8. The molecule has 6 heteroatoms. The highest BCUT2D eigenvalue weighted by atomic mass is 16.6. The molecule has 0 aromatic carbocycles. The van der Waals surface area contributed by atoms with Crippen LogP contribution in [0.1, 0.15) is 361 Å². The molecule has 0 aliphatic rings. The van der Waals surface area contributed by atoms with Gasteiger partial charge in [-0.25, -0.2) is 0 Å². The maximum atomic E-state index is 13.0. The van der Waals surface area contributed by atoms with Gasteiger partial charge in [-0.1, -0.05) is 350 Å². The molecule has 0 radical (unpaired) electrons. The summed E-state index contributed by atoms with van der Waals surface area (Å²) >= 11 is 0. The quantitative estimate of drug-likeness (QED) is 0.0261. The summed E-state index contributed by atoms with van der Waals surface area (Å²) in [6.45, 7) is 6.56. The van der Waals surface area contributed by atoms with E-state index in [-0.39, 0.29) is 31.1 Å². The molecule has 0 aromatic rings. The van der Waals surface area contributed by atoms with Crippen LogP contribution < -0.4 is 0 Å². The number of ether oxygens (including phenoxy) is 3. The highest BCUT2D eigenvalue weighted by molar-refractivity contribution is 5.71. The zero-order valence-electron chi connectivity index (χ0n) is 54.5. The summed E-state index contributed by atoms with van der Waals surface area (Å²) < 4.78 is 17.0. The van der Waals surface area contributed by atoms with Crippen LogP contribution >= 0.6 is 0 Å². The molecule has 1 atom stereocenters. The monoisotopic (exact) mass is 1140 g/mol. The molecule has 0 rings (SSSR count). The third-order valence-corrected chi connectivity index (χ3v) is 15.7. The molecule has 0 fully saturated rings. The van der Waals surface area contributed by atoms with E-state index in [1.165, 1.54) is 199 Å². The first-order valence-electron chi connectivity index (χ1n) is 35.6. The van der Waals surface area contributed by atoms with Crippen LogP contribution in [0, 0.1) is 0 Å². The fourth-order valence-electron chi connectivity index (χ4n) is 10.4. The number of esters is 3. The van der Waals surface area contributed by atoms with Gasteiger partial charge in [0.1, 0.15) is 13.2 Å². The van der Waals surface area contributed by atoms with E-state index in [2.05, 4.69) is 106 Å². The van der Waals surface area contributed by atoms with Gasteiger partial charge in [0.2, 0.25) is 0 Å². The zero-order valence-corrected chi connectivity index (χ0v) is 54.5. The highest BCUT2D eigenvalue weighted by Gasteiger charge is 2.19. The highest BCUT2D eigenvalue weighted by Crippen LogP contribution is 2.18. The summed E-state index contributed by atoms with van der Waals surface area (Å²) in [4.78, 5) is 38.4. The first kappa shape index (κ1) is 78.6. The Morgan fingerprint density at radius 2 is 0.476 bits per heavy atom. The molecule has 0 amide bonds. The smallest absolute Gasteiger partial charge is 0.306 e. The molecule has 474 valence electrons. The fraction of sp³-hybridized carbons (Fsp3) is 0.776. The van der Waals surface area contributed by atoms with Crippen molar-refractivity contribution in [1.29, 1.82) is 0 Å². The lowest BCUT2D eigenvalue weighted by molar-refractivity contribution is -0.167. The van der Waals surface area contributed by atoms with E-state index in [9.17, 15) is 14.4 Å². The van der Waals surface area contributed by atoms with Gasteiger partial charge in [-0.3, -0.25) is 14.4 Å². The number of carbonyl (C=O) groups excluding carboxylic acids is 3. The summed E-state index contributed by atoms with van der Waals surface area (Å²) in [6, 6.07) is 0. The van der Waals surface area contributed by atoms with E-state index in [4.69, 9.17) is 14.2 Å². The Bertz CT molecular complexity index is 1550. The molecule has 0 aliphatic carbocycles. The summed E-state index contributed by atoms with van der Waals surface area (Å²) in [6.07, 6.45) is 93.3. The SMILES string of the molecule is CC/C=C\C/C=C\C/C=C\C/C=C\C/C=C\C/C=C\C/C=C\CCCCCCCC(=O)OCC(COC(=O)CCCCCCCCCCCCCC)OC(=O)CCCCCCCCCCCCCCCCCCCCCCCCCCC. The Morgan fingerprint density at radius 1 is 0.256 bits per heavy atom. The third kappa shape index (κ3) is 67.4. The van der Waals surface area contributed by atoms with Crippen molar-refractivity contribution in [1.82, 2.24) is 0 Å². The van der Waals surface area contributed by atoms with Gasteiger partial charge < -0.3 is 14.2 Å². The van der Waals surface area contributed by atoms with Crippen molar-refractivity contribution < 1.29 is 28.6 Å². The molecule has 6 nitrogen and oxygen atoms in total. The standard InChI is InChI=1S/C76H134O6/c1-4-7-10-13-16-19-22-25-27-29-31-33-35-37-38-40-41-43-45-47-49-51-54-57-60-63-66-69-75(78)81-72-73(71-80-74(77)68-65-62-59-56-53-24-21-18-15-12-9-6-3)82-76(79)70-67-64-61-58-55-52-50-48-46-44-42-39-36-34-32-30-28-26-23-20-17-14-11-8-5-2/h7,10,16,19,25,27,31,33,37-38,41,43,47,49,73H,4-6,8-9,11-15,17-18,20-24,26,28-30,32,34-36,39-40,42,44-46,48,50-72H2,1-3H3/b10-7-,19-16-,27-25-,33-31-,38-37-,43-41-,49-47-. The Balaban J connectivity index is 4.29. The molecular weight excluding hydrogens is 1010 g/mol. The van der Waals surface area contributed by atoms with Crippen LogP contribution in [-0.2, 0) is 28.6 Å². The first-order valence-corrected chi connectivity index (χ1v) is 35.6. The Labute approximate surface area is 509 Å². The van der Waals surface area contributed by atoms with Crippen molar-refractivity contribution >= 4 is 17.9 Å².